The first-order valence-electron chi connectivity index (χ1n) is 13.1. The zero-order valence-electron chi connectivity index (χ0n) is 23.1. The fraction of sp³-hybridized carbons (Fsp3) is 0.586. The minimum Gasteiger partial charge on any atom is -1.00 e. The van der Waals surface area contributed by atoms with Gasteiger partial charge in [-0.15, -0.1) is 0 Å². The number of likely N-dealkylation sites (N-methyl/N-ethyl adjacent to an activating group) is 1. The predicted octanol–water partition coefficient (Wildman–Crippen LogP) is 2.58. The number of quaternary nitrogens is 1. The van der Waals surface area contributed by atoms with Crippen molar-refractivity contribution in [1.82, 2.24) is 4.90 Å². The van der Waals surface area contributed by atoms with E-state index < -0.39 is 0 Å². The van der Waals surface area contributed by atoms with E-state index in [0.717, 1.165) is 68.4 Å². The standard InChI is InChI=1S/C29H45N2O4.BrH/c1-7-9-18-30(19-10-8-2)27(32)22-31(5,6)20-11-21-34-26-16-13-24-14-17-28(33)35-29(24)25(26)15-12-23(3)4;/h12-14,16-17H,7-11,15,18-22H2,1-6H3;1H/q+1;/p-1. The summed E-state index contributed by atoms with van der Waals surface area (Å²) in [6.07, 6.45) is 7.88. The highest BCUT2D eigenvalue weighted by molar-refractivity contribution is 5.82. The number of ether oxygens (including phenoxy) is 1. The molecule has 2 aromatic rings. The normalized spacial score (nSPS) is 11.2. The van der Waals surface area contributed by atoms with Gasteiger partial charge < -0.3 is 35.5 Å². The highest BCUT2D eigenvalue weighted by Gasteiger charge is 2.24. The fourth-order valence-electron chi connectivity index (χ4n) is 4.09. The van der Waals surface area contributed by atoms with Gasteiger partial charge in [0.1, 0.15) is 11.3 Å². The van der Waals surface area contributed by atoms with E-state index in [1.165, 1.54) is 11.6 Å². The third kappa shape index (κ3) is 10.5. The Morgan fingerprint density at radius 3 is 2.28 bits per heavy atom. The van der Waals surface area contributed by atoms with Gasteiger partial charge in [-0.3, -0.25) is 4.79 Å². The SMILES string of the molecule is CCCCN(CCCC)C(=O)C[N+](C)(C)CCCOc1ccc2ccc(=O)oc2c1CC=C(C)C.[Br-]. The van der Waals surface area contributed by atoms with Crippen molar-refractivity contribution < 1.29 is 35.4 Å². The molecular formula is C29H45BrN2O4. The second-order valence-corrected chi connectivity index (χ2v) is 10.3. The molecule has 1 heterocycles. The average Bonchev–Trinajstić information content (AvgIpc) is 2.80. The predicted molar refractivity (Wildman–Crippen MR) is 144 cm³/mol. The number of nitrogens with zero attached hydrogens (tertiary/aromatic N) is 2. The number of fused-ring (bicyclic) bond motifs is 1. The summed E-state index contributed by atoms with van der Waals surface area (Å²) in [7, 11) is 4.22. The van der Waals surface area contributed by atoms with E-state index in [2.05, 4.69) is 47.9 Å². The number of benzene rings is 1. The lowest BCUT2D eigenvalue weighted by atomic mass is 10.1. The van der Waals surface area contributed by atoms with Crippen LogP contribution in [0, 0.1) is 0 Å². The summed E-state index contributed by atoms with van der Waals surface area (Å²) in [5.74, 6) is 0.988. The largest absolute Gasteiger partial charge is 1.00 e. The molecule has 36 heavy (non-hydrogen) atoms. The summed E-state index contributed by atoms with van der Waals surface area (Å²) < 4.78 is 12.3. The molecule has 0 spiro atoms. The summed E-state index contributed by atoms with van der Waals surface area (Å²) in [5, 5.41) is 0.890. The lowest BCUT2D eigenvalue weighted by molar-refractivity contribution is -0.882. The Balaban J connectivity index is 0.00000648. The van der Waals surface area contributed by atoms with Gasteiger partial charge in [-0.25, -0.2) is 4.79 Å². The van der Waals surface area contributed by atoms with E-state index in [1.807, 2.05) is 17.0 Å². The van der Waals surface area contributed by atoms with Crippen LogP contribution in [0.25, 0.3) is 11.0 Å². The van der Waals surface area contributed by atoms with Gasteiger partial charge in [0.05, 0.1) is 27.2 Å². The molecule has 0 aliphatic carbocycles. The van der Waals surface area contributed by atoms with Crippen LogP contribution in [-0.2, 0) is 11.2 Å². The third-order valence-corrected chi connectivity index (χ3v) is 6.21. The lowest BCUT2D eigenvalue weighted by Gasteiger charge is -2.32. The molecule has 1 aromatic carbocycles. The van der Waals surface area contributed by atoms with Crippen LogP contribution in [0.2, 0.25) is 0 Å². The molecule has 6 nitrogen and oxygen atoms in total. The molecular weight excluding hydrogens is 520 g/mol. The van der Waals surface area contributed by atoms with Crippen molar-refractivity contribution in [3.63, 3.8) is 0 Å². The van der Waals surface area contributed by atoms with Gasteiger partial charge in [0, 0.05) is 36.5 Å². The number of unbranched alkanes of at least 4 members (excludes halogenated alkanes) is 2. The van der Waals surface area contributed by atoms with Crippen LogP contribution in [0.5, 0.6) is 5.75 Å². The highest BCUT2D eigenvalue weighted by Crippen LogP contribution is 2.28. The summed E-state index contributed by atoms with van der Waals surface area (Å²) in [6, 6.07) is 7.12. The van der Waals surface area contributed by atoms with E-state index in [4.69, 9.17) is 9.15 Å². The maximum absolute atomic E-state index is 13.0. The molecule has 0 unspecified atom stereocenters. The van der Waals surface area contributed by atoms with E-state index in [0.29, 0.717) is 29.6 Å². The van der Waals surface area contributed by atoms with Crippen molar-refractivity contribution in [2.75, 3.05) is 46.9 Å². The Morgan fingerprint density at radius 2 is 1.67 bits per heavy atom. The summed E-state index contributed by atoms with van der Waals surface area (Å²) >= 11 is 0. The molecule has 0 saturated carbocycles. The number of amides is 1. The molecule has 0 atom stereocenters. The number of carbonyl (C=O) groups is 1. The van der Waals surface area contributed by atoms with Gasteiger partial charge in [0.15, 0.2) is 6.54 Å². The zero-order valence-corrected chi connectivity index (χ0v) is 24.7. The molecule has 1 amide bonds. The maximum atomic E-state index is 13.0. The Bertz CT molecular complexity index is 1030. The van der Waals surface area contributed by atoms with Crippen LogP contribution in [0.3, 0.4) is 0 Å². The minimum atomic E-state index is -0.358. The van der Waals surface area contributed by atoms with E-state index >= 15 is 0 Å². The number of halogens is 1. The Kier molecular flexibility index (Phi) is 14.1. The van der Waals surface area contributed by atoms with Crippen molar-refractivity contribution in [2.45, 2.75) is 66.2 Å². The van der Waals surface area contributed by atoms with Crippen molar-refractivity contribution in [3.8, 4) is 5.75 Å². The second kappa shape index (κ2) is 15.9. The molecule has 202 valence electrons. The molecule has 2 rings (SSSR count). The van der Waals surface area contributed by atoms with Crippen LogP contribution in [0.15, 0.2) is 45.1 Å². The molecule has 0 fully saturated rings. The number of carbonyl (C=O) groups excluding carboxylic acids is 1. The molecule has 0 saturated heterocycles. The molecule has 0 bridgehead atoms. The second-order valence-electron chi connectivity index (χ2n) is 10.3. The van der Waals surface area contributed by atoms with Crippen molar-refractivity contribution in [2.24, 2.45) is 0 Å². The van der Waals surface area contributed by atoms with Gasteiger partial charge in [-0.2, -0.15) is 0 Å². The molecule has 0 radical (unpaired) electrons. The van der Waals surface area contributed by atoms with E-state index in [1.54, 1.807) is 6.07 Å². The Labute approximate surface area is 227 Å². The first-order valence-corrected chi connectivity index (χ1v) is 13.1. The number of allylic oxidation sites excluding steroid dienone is 2. The highest BCUT2D eigenvalue weighted by atomic mass is 79.9. The van der Waals surface area contributed by atoms with Gasteiger partial charge in [0.2, 0.25) is 0 Å². The smallest absolute Gasteiger partial charge is 0.336 e. The maximum Gasteiger partial charge on any atom is 0.336 e. The van der Waals surface area contributed by atoms with Gasteiger partial charge in [-0.05, 0) is 51.3 Å². The van der Waals surface area contributed by atoms with Crippen LogP contribution >= 0.6 is 0 Å². The van der Waals surface area contributed by atoms with Crippen molar-refractivity contribution in [3.05, 3.63) is 51.9 Å². The lowest BCUT2D eigenvalue weighted by Crippen LogP contribution is -3.00. The van der Waals surface area contributed by atoms with Crippen LogP contribution in [0.4, 0.5) is 0 Å². The number of hydrogen-bond donors (Lipinski definition) is 0. The summed E-state index contributed by atoms with van der Waals surface area (Å²) in [4.78, 5) is 26.9. The van der Waals surface area contributed by atoms with Gasteiger partial charge in [0.25, 0.3) is 5.91 Å². The van der Waals surface area contributed by atoms with E-state index in [-0.39, 0.29) is 28.5 Å². The fourth-order valence-corrected chi connectivity index (χ4v) is 4.09. The molecule has 7 heteroatoms. The van der Waals surface area contributed by atoms with Crippen molar-refractivity contribution >= 4 is 16.9 Å². The molecule has 1 aromatic heterocycles. The topological polar surface area (TPSA) is 59.8 Å². The van der Waals surface area contributed by atoms with E-state index in [9.17, 15) is 9.59 Å². The van der Waals surface area contributed by atoms with Crippen molar-refractivity contribution in [1.29, 1.82) is 0 Å². The monoisotopic (exact) mass is 564 g/mol. The number of hydrogen-bond acceptors (Lipinski definition) is 4. The molecule has 0 aliphatic rings. The Morgan fingerprint density at radius 1 is 1.03 bits per heavy atom. The van der Waals surface area contributed by atoms with Gasteiger partial charge in [-0.1, -0.05) is 38.3 Å². The van der Waals surface area contributed by atoms with Gasteiger partial charge >= 0.3 is 5.63 Å². The zero-order chi connectivity index (χ0) is 25.8. The van der Waals surface area contributed by atoms with Crippen LogP contribution in [0.1, 0.15) is 65.4 Å². The molecule has 0 N–H and O–H groups in total. The number of rotatable bonds is 15. The molecule has 0 aliphatic heterocycles. The minimum absolute atomic E-state index is 0. The summed E-state index contributed by atoms with van der Waals surface area (Å²) in [6.45, 7) is 12.0. The third-order valence-electron chi connectivity index (χ3n) is 6.21. The summed E-state index contributed by atoms with van der Waals surface area (Å²) in [5.41, 5.74) is 2.33. The van der Waals surface area contributed by atoms with Crippen LogP contribution < -0.4 is 27.3 Å². The average molecular weight is 566 g/mol. The Hall–Kier alpha value is -2.12. The van der Waals surface area contributed by atoms with Crippen LogP contribution in [-0.4, -0.2) is 62.2 Å². The first kappa shape index (κ1) is 31.9. The quantitative estimate of drug-likeness (QED) is 0.144. The first-order chi connectivity index (χ1) is 16.7.